The van der Waals surface area contributed by atoms with E-state index in [9.17, 15) is 4.79 Å². The molecular formula is C15H23NO2. The fourth-order valence-electron chi connectivity index (χ4n) is 1.93. The van der Waals surface area contributed by atoms with Crippen LogP contribution in [0.5, 0.6) is 0 Å². The number of aryl methyl sites for hydroxylation is 1. The summed E-state index contributed by atoms with van der Waals surface area (Å²) < 4.78 is 4.66. The van der Waals surface area contributed by atoms with E-state index in [0.717, 1.165) is 19.4 Å². The molecule has 3 nitrogen and oxygen atoms in total. The number of hydrogen-bond acceptors (Lipinski definition) is 3. The fraction of sp³-hybridized carbons (Fsp3) is 0.533. The molecular weight excluding hydrogens is 226 g/mol. The molecule has 3 heteroatoms. The molecule has 0 bridgehead atoms. The summed E-state index contributed by atoms with van der Waals surface area (Å²) in [5.41, 5.74) is 7.34. The molecule has 18 heavy (non-hydrogen) atoms. The van der Waals surface area contributed by atoms with Crippen LogP contribution in [0.25, 0.3) is 0 Å². The largest absolute Gasteiger partial charge is 0.465 e. The average molecular weight is 249 g/mol. The van der Waals surface area contributed by atoms with Gasteiger partial charge in [0.05, 0.1) is 12.7 Å². The number of methoxy groups -OCH3 is 1. The van der Waals surface area contributed by atoms with Gasteiger partial charge in [-0.25, -0.2) is 4.79 Å². The Morgan fingerprint density at radius 1 is 1.06 bits per heavy atom. The van der Waals surface area contributed by atoms with Crippen molar-refractivity contribution in [2.45, 2.75) is 38.5 Å². The lowest BCUT2D eigenvalue weighted by molar-refractivity contribution is 0.0600. The van der Waals surface area contributed by atoms with Gasteiger partial charge in [0, 0.05) is 0 Å². The van der Waals surface area contributed by atoms with Gasteiger partial charge in [0.25, 0.3) is 0 Å². The molecule has 2 N–H and O–H groups in total. The Balaban J connectivity index is 2.25. The summed E-state index contributed by atoms with van der Waals surface area (Å²) in [5.74, 6) is -0.275. The van der Waals surface area contributed by atoms with E-state index >= 15 is 0 Å². The van der Waals surface area contributed by atoms with Gasteiger partial charge in [-0.05, 0) is 43.5 Å². The fourth-order valence-corrected chi connectivity index (χ4v) is 1.93. The third-order valence-electron chi connectivity index (χ3n) is 3.04. The zero-order valence-corrected chi connectivity index (χ0v) is 11.2. The standard InChI is InChI=1S/C15H23NO2/c1-18-15(17)14-10-8-13(9-11-14)7-5-3-2-4-6-12-16/h8-11H,2-7,12,16H2,1H3. The summed E-state index contributed by atoms with van der Waals surface area (Å²) in [7, 11) is 1.40. The predicted octanol–water partition coefficient (Wildman–Crippen LogP) is 2.92. The number of carbonyl (C=O) groups excluding carboxylic acids is 1. The molecule has 0 amide bonds. The molecule has 0 heterocycles. The van der Waals surface area contributed by atoms with E-state index in [2.05, 4.69) is 4.74 Å². The second-order valence-electron chi connectivity index (χ2n) is 4.49. The van der Waals surface area contributed by atoms with Crippen molar-refractivity contribution in [3.8, 4) is 0 Å². The van der Waals surface area contributed by atoms with Crippen LogP contribution in [0.2, 0.25) is 0 Å². The smallest absolute Gasteiger partial charge is 0.337 e. The second kappa shape index (κ2) is 8.70. The Morgan fingerprint density at radius 2 is 1.67 bits per heavy atom. The predicted molar refractivity (Wildman–Crippen MR) is 73.6 cm³/mol. The first-order chi connectivity index (χ1) is 8.77. The quantitative estimate of drug-likeness (QED) is 0.569. The van der Waals surface area contributed by atoms with Gasteiger partial charge in [-0.2, -0.15) is 0 Å². The van der Waals surface area contributed by atoms with Gasteiger partial charge in [0.15, 0.2) is 0 Å². The molecule has 0 fully saturated rings. The lowest BCUT2D eigenvalue weighted by Gasteiger charge is -2.03. The molecule has 0 spiro atoms. The normalized spacial score (nSPS) is 10.3. The number of benzene rings is 1. The van der Waals surface area contributed by atoms with E-state index in [0.29, 0.717) is 5.56 Å². The molecule has 1 rings (SSSR count). The van der Waals surface area contributed by atoms with E-state index in [-0.39, 0.29) is 5.97 Å². The summed E-state index contributed by atoms with van der Waals surface area (Å²) in [4.78, 5) is 11.3. The Hall–Kier alpha value is -1.35. The summed E-state index contributed by atoms with van der Waals surface area (Å²) >= 11 is 0. The van der Waals surface area contributed by atoms with Crippen LogP contribution in [0.3, 0.4) is 0 Å². The van der Waals surface area contributed by atoms with Gasteiger partial charge < -0.3 is 10.5 Å². The van der Waals surface area contributed by atoms with Crippen LogP contribution in [0.4, 0.5) is 0 Å². The Morgan fingerprint density at radius 3 is 2.28 bits per heavy atom. The second-order valence-corrected chi connectivity index (χ2v) is 4.49. The van der Waals surface area contributed by atoms with Crippen molar-refractivity contribution in [2.75, 3.05) is 13.7 Å². The highest BCUT2D eigenvalue weighted by molar-refractivity contribution is 5.89. The van der Waals surface area contributed by atoms with Crippen molar-refractivity contribution in [1.82, 2.24) is 0 Å². The number of ether oxygens (including phenoxy) is 1. The molecule has 0 aliphatic carbocycles. The molecule has 0 saturated carbocycles. The molecule has 0 atom stereocenters. The minimum Gasteiger partial charge on any atom is -0.465 e. The maximum absolute atomic E-state index is 11.3. The zero-order chi connectivity index (χ0) is 13.2. The number of carbonyl (C=O) groups is 1. The molecule has 0 radical (unpaired) electrons. The lowest BCUT2D eigenvalue weighted by Crippen LogP contribution is -2.00. The maximum atomic E-state index is 11.3. The highest BCUT2D eigenvalue weighted by Gasteiger charge is 2.03. The molecule has 0 aliphatic rings. The Labute approximate surface area is 109 Å². The first-order valence-corrected chi connectivity index (χ1v) is 6.65. The van der Waals surface area contributed by atoms with Crippen LogP contribution < -0.4 is 5.73 Å². The van der Waals surface area contributed by atoms with Crippen LogP contribution in [0.1, 0.15) is 48.0 Å². The summed E-state index contributed by atoms with van der Waals surface area (Å²) in [5, 5.41) is 0. The lowest BCUT2D eigenvalue weighted by atomic mass is 10.0. The van der Waals surface area contributed by atoms with Crippen LogP contribution in [0.15, 0.2) is 24.3 Å². The monoisotopic (exact) mass is 249 g/mol. The van der Waals surface area contributed by atoms with Crippen molar-refractivity contribution < 1.29 is 9.53 Å². The Bertz CT molecular complexity index is 346. The van der Waals surface area contributed by atoms with Crippen molar-refractivity contribution in [1.29, 1.82) is 0 Å². The number of esters is 1. The zero-order valence-electron chi connectivity index (χ0n) is 11.2. The highest BCUT2D eigenvalue weighted by Crippen LogP contribution is 2.10. The minimum absolute atomic E-state index is 0.275. The number of rotatable bonds is 8. The molecule has 1 aromatic carbocycles. The third kappa shape index (κ3) is 5.32. The molecule has 0 unspecified atom stereocenters. The third-order valence-corrected chi connectivity index (χ3v) is 3.04. The SMILES string of the molecule is COC(=O)c1ccc(CCCCCCCN)cc1. The minimum atomic E-state index is -0.275. The van der Waals surface area contributed by atoms with E-state index < -0.39 is 0 Å². The number of nitrogens with two attached hydrogens (primary N) is 1. The van der Waals surface area contributed by atoms with Crippen molar-refractivity contribution in [3.05, 3.63) is 35.4 Å². The van der Waals surface area contributed by atoms with E-state index in [4.69, 9.17) is 5.73 Å². The van der Waals surface area contributed by atoms with E-state index in [1.807, 2.05) is 24.3 Å². The summed E-state index contributed by atoms with van der Waals surface area (Å²) in [6.45, 7) is 0.801. The molecule has 1 aromatic rings. The van der Waals surface area contributed by atoms with Gasteiger partial charge in [0.1, 0.15) is 0 Å². The maximum Gasteiger partial charge on any atom is 0.337 e. The summed E-state index contributed by atoms with van der Waals surface area (Å²) in [6.07, 6.45) is 7.15. The van der Waals surface area contributed by atoms with Crippen LogP contribution in [-0.2, 0) is 11.2 Å². The van der Waals surface area contributed by atoms with Crippen molar-refractivity contribution >= 4 is 5.97 Å². The van der Waals surface area contributed by atoms with Crippen LogP contribution >= 0.6 is 0 Å². The summed E-state index contributed by atoms with van der Waals surface area (Å²) in [6, 6.07) is 7.67. The topological polar surface area (TPSA) is 52.3 Å². The van der Waals surface area contributed by atoms with Crippen LogP contribution in [0, 0.1) is 0 Å². The molecule has 0 aromatic heterocycles. The van der Waals surface area contributed by atoms with Gasteiger partial charge in [-0.15, -0.1) is 0 Å². The van der Waals surface area contributed by atoms with Gasteiger partial charge >= 0.3 is 5.97 Å². The molecule has 0 saturated heterocycles. The average Bonchev–Trinajstić information content (AvgIpc) is 2.42. The van der Waals surface area contributed by atoms with Crippen molar-refractivity contribution in [3.63, 3.8) is 0 Å². The van der Waals surface area contributed by atoms with Crippen LogP contribution in [-0.4, -0.2) is 19.6 Å². The first kappa shape index (κ1) is 14.7. The van der Waals surface area contributed by atoms with E-state index in [1.54, 1.807) is 0 Å². The number of hydrogen-bond donors (Lipinski definition) is 1. The van der Waals surface area contributed by atoms with Gasteiger partial charge in [-0.1, -0.05) is 31.4 Å². The number of unbranched alkanes of at least 4 members (excludes halogenated alkanes) is 4. The molecule has 0 aliphatic heterocycles. The van der Waals surface area contributed by atoms with Gasteiger partial charge in [-0.3, -0.25) is 0 Å². The first-order valence-electron chi connectivity index (χ1n) is 6.65. The Kier molecular flexibility index (Phi) is 7.11. The highest BCUT2D eigenvalue weighted by atomic mass is 16.5. The van der Waals surface area contributed by atoms with Gasteiger partial charge in [0.2, 0.25) is 0 Å². The van der Waals surface area contributed by atoms with Crippen molar-refractivity contribution in [2.24, 2.45) is 5.73 Å². The molecule has 100 valence electrons. The van der Waals surface area contributed by atoms with E-state index in [1.165, 1.54) is 38.4 Å².